The Hall–Kier alpha value is -3.11. The largest absolute Gasteiger partial charge is 0.573 e. The summed E-state index contributed by atoms with van der Waals surface area (Å²) in [4.78, 5) is 38.2. The third-order valence-electron chi connectivity index (χ3n) is 7.43. The molecule has 4 aliphatic rings. The Labute approximate surface area is 225 Å². The Balaban J connectivity index is 1.34. The van der Waals surface area contributed by atoms with E-state index in [0.717, 1.165) is 31.0 Å². The molecule has 3 heterocycles. The summed E-state index contributed by atoms with van der Waals surface area (Å²) >= 11 is 0. The van der Waals surface area contributed by atoms with E-state index in [1.165, 1.54) is 0 Å². The topological polar surface area (TPSA) is 161 Å². The number of carbonyl (C=O) groups excluding carboxylic acids is 3. The van der Waals surface area contributed by atoms with Gasteiger partial charge in [0.1, 0.15) is 42.0 Å². The number of halogens is 3. The van der Waals surface area contributed by atoms with Gasteiger partial charge in [0, 0.05) is 0 Å². The quantitative estimate of drug-likeness (QED) is 0.253. The third-order valence-corrected chi connectivity index (χ3v) is 8.11. The Bertz CT molecular complexity index is 1310. The van der Waals surface area contributed by atoms with E-state index in [9.17, 15) is 36.0 Å². The fraction of sp³-hybridized carbons (Fsp3) is 0.625. The van der Waals surface area contributed by atoms with Crippen molar-refractivity contribution in [3.63, 3.8) is 0 Å². The first-order valence-corrected chi connectivity index (χ1v) is 14.0. The maximum Gasteiger partial charge on any atom is 0.573 e. The summed E-state index contributed by atoms with van der Waals surface area (Å²) in [5.74, 6) is -6.97. The molecule has 1 aromatic rings. The fourth-order valence-electron chi connectivity index (χ4n) is 5.69. The minimum Gasteiger partial charge on any atom is -0.484 e. The number of esters is 3. The van der Waals surface area contributed by atoms with Gasteiger partial charge in [0.2, 0.25) is 0 Å². The average Bonchev–Trinajstić information content (AvgIpc) is 3.56. The Morgan fingerprint density at radius 3 is 2.48 bits per heavy atom. The number of ether oxygens (including phenoxy) is 6. The lowest BCUT2D eigenvalue weighted by Crippen LogP contribution is -2.48. The minimum atomic E-state index is -5.01. The van der Waals surface area contributed by atoms with Gasteiger partial charge in [0.25, 0.3) is 10.1 Å². The summed E-state index contributed by atoms with van der Waals surface area (Å²) in [6, 6.07) is 3.04. The molecule has 1 aromatic carbocycles. The first-order valence-electron chi connectivity index (χ1n) is 12.4. The molecular weight excluding hydrogens is 569 g/mol. The number of hydrogen-bond donors (Lipinski definition) is 1. The Morgan fingerprint density at radius 2 is 1.82 bits per heavy atom. The van der Waals surface area contributed by atoms with Crippen molar-refractivity contribution >= 4 is 28.0 Å². The molecule has 6 unspecified atom stereocenters. The van der Waals surface area contributed by atoms with Crippen LogP contribution in [-0.2, 0) is 38.7 Å². The summed E-state index contributed by atoms with van der Waals surface area (Å²) in [5.41, 5.74) is -0.956. The number of carbonyl (C=O) groups is 3. The van der Waals surface area contributed by atoms with E-state index in [2.05, 4.69) is 4.74 Å². The second kappa shape index (κ2) is 10.1. The molecule has 16 heteroatoms. The maximum atomic E-state index is 13.1. The smallest absolute Gasteiger partial charge is 0.484 e. The van der Waals surface area contributed by atoms with Crippen molar-refractivity contribution in [2.75, 3.05) is 12.4 Å². The molecule has 5 rings (SSSR count). The lowest BCUT2D eigenvalue weighted by atomic mass is 9.78. The maximum absolute atomic E-state index is 13.1. The summed E-state index contributed by atoms with van der Waals surface area (Å²) < 4.78 is 101. The lowest BCUT2D eigenvalue weighted by Gasteiger charge is -2.28. The van der Waals surface area contributed by atoms with Crippen LogP contribution >= 0.6 is 0 Å². The van der Waals surface area contributed by atoms with Gasteiger partial charge in [0.15, 0.2) is 23.7 Å². The van der Waals surface area contributed by atoms with Crippen LogP contribution < -0.4 is 9.47 Å². The molecule has 4 fully saturated rings. The highest BCUT2D eigenvalue weighted by Crippen LogP contribution is 2.51. The van der Waals surface area contributed by atoms with Crippen molar-refractivity contribution in [1.29, 1.82) is 0 Å². The van der Waals surface area contributed by atoms with Gasteiger partial charge in [-0.2, -0.15) is 8.42 Å². The van der Waals surface area contributed by atoms with Crippen LogP contribution in [0.15, 0.2) is 18.2 Å². The zero-order chi connectivity index (χ0) is 29.0. The van der Waals surface area contributed by atoms with E-state index in [0.29, 0.717) is 12.8 Å². The minimum absolute atomic E-state index is 0.193. The summed E-state index contributed by atoms with van der Waals surface area (Å²) in [5, 5.41) is 0. The van der Waals surface area contributed by atoms with Gasteiger partial charge in [-0.05, 0) is 50.8 Å². The van der Waals surface area contributed by atoms with E-state index in [1.54, 1.807) is 6.92 Å². The van der Waals surface area contributed by atoms with E-state index in [1.807, 2.05) is 0 Å². The van der Waals surface area contributed by atoms with E-state index in [4.69, 9.17) is 28.2 Å². The molecule has 1 saturated carbocycles. The van der Waals surface area contributed by atoms with E-state index < -0.39 is 94.4 Å². The van der Waals surface area contributed by atoms with Gasteiger partial charge in [0.05, 0.1) is 5.56 Å². The normalized spacial score (nSPS) is 30.2. The number of rotatable bonds is 9. The highest BCUT2D eigenvalue weighted by Gasteiger charge is 2.72. The predicted octanol–water partition coefficient (Wildman–Crippen LogP) is 2.19. The van der Waals surface area contributed by atoms with Gasteiger partial charge in [-0.1, -0.05) is 0 Å². The van der Waals surface area contributed by atoms with Gasteiger partial charge >= 0.3 is 24.3 Å². The zero-order valence-corrected chi connectivity index (χ0v) is 21.7. The van der Waals surface area contributed by atoms with Gasteiger partial charge < -0.3 is 28.4 Å². The molecule has 220 valence electrons. The van der Waals surface area contributed by atoms with Gasteiger partial charge in [-0.15, -0.1) is 13.2 Å². The third kappa shape index (κ3) is 5.69. The number of benzene rings is 1. The van der Waals surface area contributed by atoms with Gasteiger partial charge in [-0.3, -0.25) is 14.1 Å². The summed E-state index contributed by atoms with van der Waals surface area (Å²) in [6.07, 6.45) is -6.59. The Kier molecular flexibility index (Phi) is 7.15. The second-order valence-electron chi connectivity index (χ2n) is 10.3. The van der Waals surface area contributed by atoms with Crippen molar-refractivity contribution in [2.24, 2.45) is 11.8 Å². The number of fused-ring (bicyclic) bond motifs is 1. The Morgan fingerprint density at radius 1 is 1.12 bits per heavy atom. The molecule has 1 N–H and O–H groups in total. The van der Waals surface area contributed by atoms with Crippen molar-refractivity contribution < 1.29 is 68.9 Å². The van der Waals surface area contributed by atoms with Crippen molar-refractivity contribution in [3.8, 4) is 11.5 Å². The molecule has 3 aliphatic heterocycles. The molecule has 6 atom stereocenters. The predicted molar refractivity (Wildman–Crippen MR) is 123 cm³/mol. The second-order valence-corrected chi connectivity index (χ2v) is 11.9. The number of alkyl halides is 3. The van der Waals surface area contributed by atoms with Crippen LogP contribution in [0.2, 0.25) is 0 Å². The molecular formula is C24H25F3O12S. The van der Waals surface area contributed by atoms with Crippen LogP contribution in [0.1, 0.15) is 43.0 Å². The van der Waals surface area contributed by atoms with Gasteiger partial charge in [-0.25, -0.2) is 4.79 Å². The number of hydrogen-bond acceptors (Lipinski definition) is 11. The van der Waals surface area contributed by atoms with Crippen LogP contribution in [0.5, 0.6) is 11.5 Å². The van der Waals surface area contributed by atoms with E-state index in [-0.39, 0.29) is 11.3 Å². The molecule has 12 nitrogen and oxygen atoms in total. The highest BCUT2D eigenvalue weighted by molar-refractivity contribution is 7.85. The first kappa shape index (κ1) is 28.4. The highest BCUT2D eigenvalue weighted by atomic mass is 32.2. The molecule has 0 amide bonds. The lowest BCUT2D eigenvalue weighted by molar-refractivity contribution is -0.275. The summed E-state index contributed by atoms with van der Waals surface area (Å²) in [6.45, 7) is 1.06. The van der Waals surface area contributed by atoms with Crippen molar-refractivity contribution in [2.45, 2.75) is 69.0 Å². The zero-order valence-electron chi connectivity index (χ0n) is 20.9. The molecule has 2 bridgehead atoms. The molecule has 0 aromatic heterocycles. The van der Waals surface area contributed by atoms with Crippen LogP contribution in [-0.4, -0.2) is 79.6 Å². The monoisotopic (exact) mass is 594 g/mol. The van der Waals surface area contributed by atoms with Crippen molar-refractivity contribution in [3.05, 3.63) is 23.8 Å². The standard InChI is InChI=1S/C24H25F3O12S/c1-23(6-2-3-7-23)38-13-10-11(4-5-12(13)39-24(25,26)27)20(28)36-18-16-14(21(29)34-8-9-40(31,32)33)15-17(35-16)19(18)37-22(15)30/h4-5,10,14-19H,2-3,6-9H2,1H3,(H,31,32,33). The fourth-order valence-corrected chi connectivity index (χ4v) is 5.98. The molecule has 40 heavy (non-hydrogen) atoms. The van der Waals surface area contributed by atoms with Crippen LogP contribution in [0, 0.1) is 11.8 Å². The first-order chi connectivity index (χ1) is 18.6. The summed E-state index contributed by atoms with van der Waals surface area (Å²) in [7, 11) is -4.41. The van der Waals surface area contributed by atoms with Crippen LogP contribution in [0.4, 0.5) is 13.2 Å². The SMILES string of the molecule is CC1(Oc2cc(C(=O)OC3C4OC(=O)C5C4OC3C5C(=O)OCCS(=O)(=O)O)ccc2OC(F)(F)F)CCCC1. The van der Waals surface area contributed by atoms with Crippen LogP contribution in [0.25, 0.3) is 0 Å². The van der Waals surface area contributed by atoms with E-state index >= 15 is 0 Å². The molecule has 3 saturated heterocycles. The molecule has 1 aliphatic carbocycles. The molecule has 0 spiro atoms. The molecule has 0 radical (unpaired) electrons. The van der Waals surface area contributed by atoms with Crippen LogP contribution in [0.3, 0.4) is 0 Å². The van der Waals surface area contributed by atoms with Crippen molar-refractivity contribution in [1.82, 2.24) is 0 Å². The average molecular weight is 595 g/mol.